The quantitative estimate of drug-likeness (QED) is 0.439. The lowest BCUT2D eigenvalue weighted by atomic mass is 10.1. The Morgan fingerprint density at radius 1 is 1.27 bits per heavy atom. The van der Waals surface area contributed by atoms with Crippen molar-refractivity contribution in [2.24, 2.45) is 0 Å². The lowest BCUT2D eigenvalue weighted by molar-refractivity contribution is 0.104. The number of hydrogen-bond donors (Lipinski definition) is 2. The fraction of sp³-hybridized carbons (Fsp3) is 0.167. The Bertz CT molecular complexity index is 984. The van der Waals surface area contributed by atoms with E-state index in [9.17, 15) is 19.5 Å². The molecule has 2 N–H and O–H groups in total. The average Bonchev–Trinajstić information content (AvgIpc) is 2.62. The van der Waals surface area contributed by atoms with Gasteiger partial charge in [0.25, 0.3) is 5.56 Å². The molecular weight excluding hydrogens is 340 g/mol. The van der Waals surface area contributed by atoms with Crippen LogP contribution >= 0.6 is 0 Å². The van der Waals surface area contributed by atoms with Gasteiger partial charge in [-0.05, 0) is 23.8 Å². The highest BCUT2D eigenvalue weighted by Gasteiger charge is 2.18. The predicted molar refractivity (Wildman–Crippen MR) is 96.1 cm³/mol. The normalized spacial score (nSPS) is 10.7. The molecule has 136 valence electrons. The second kappa shape index (κ2) is 8.02. The predicted octanol–water partition coefficient (Wildman–Crippen LogP) is 1.34. The van der Waals surface area contributed by atoms with E-state index in [1.807, 2.05) is 4.98 Å². The van der Waals surface area contributed by atoms with E-state index in [2.05, 4.69) is 6.58 Å². The van der Waals surface area contributed by atoms with Crippen LogP contribution in [-0.2, 0) is 6.54 Å². The lowest BCUT2D eigenvalue weighted by Gasteiger charge is -2.08. The Hall–Kier alpha value is -3.55. The minimum absolute atomic E-state index is 0.0544. The van der Waals surface area contributed by atoms with Crippen LogP contribution in [-0.4, -0.2) is 34.7 Å². The van der Waals surface area contributed by atoms with Gasteiger partial charge < -0.3 is 14.6 Å². The maximum absolute atomic E-state index is 12.3. The Labute approximate surface area is 148 Å². The van der Waals surface area contributed by atoms with Crippen molar-refractivity contribution in [2.45, 2.75) is 6.54 Å². The molecule has 1 aromatic heterocycles. The van der Waals surface area contributed by atoms with Gasteiger partial charge in [0.2, 0.25) is 5.88 Å². The summed E-state index contributed by atoms with van der Waals surface area (Å²) in [5, 5.41) is 10.1. The van der Waals surface area contributed by atoms with E-state index in [1.54, 1.807) is 18.2 Å². The summed E-state index contributed by atoms with van der Waals surface area (Å²) in [6, 6.07) is 5.00. The Morgan fingerprint density at radius 2 is 1.96 bits per heavy atom. The molecule has 1 heterocycles. The third-order valence-corrected chi connectivity index (χ3v) is 3.56. The van der Waals surface area contributed by atoms with Crippen molar-refractivity contribution in [2.75, 3.05) is 14.2 Å². The van der Waals surface area contributed by atoms with Gasteiger partial charge in [-0.25, -0.2) is 4.79 Å². The van der Waals surface area contributed by atoms with Crippen molar-refractivity contribution in [3.63, 3.8) is 0 Å². The number of benzene rings is 1. The highest BCUT2D eigenvalue weighted by molar-refractivity contribution is 6.08. The SMILES string of the molecule is C=CCn1c(O)c(C(=O)C=Cc2ccc(OC)c(OC)c2)c(=O)[nH]c1=O. The molecule has 8 nitrogen and oxygen atoms in total. The molecule has 0 bridgehead atoms. The molecule has 0 aliphatic heterocycles. The Morgan fingerprint density at radius 3 is 2.58 bits per heavy atom. The van der Waals surface area contributed by atoms with Gasteiger partial charge in [0.1, 0.15) is 5.56 Å². The maximum Gasteiger partial charge on any atom is 0.331 e. The van der Waals surface area contributed by atoms with Crippen LogP contribution in [0.2, 0.25) is 0 Å². The molecule has 0 aliphatic rings. The number of aromatic nitrogens is 2. The number of nitrogens with one attached hydrogen (secondary N) is 1. The van der Waals surface area contributed by atoms with Crippen LogP contribution in [0, 0.1) is 0 Å². The number of aromatic amines is 1. The summed E-state index contributed by atoms with van der Waals surface area (Å²) in [6.07, 6.45) is 3.92. The van der Waals surface area contributed by atoms with Crippen LogP contribution < -0.4 is 20.7 Å². The third kappa shape index (κ3) is 3.75. The molecule has 0 atom stereocenters. The summed E-state index contributed by atoms with van der Waals surface area (Å²) in [4.78, 5) is 37.9. The second-order valence-electron chi connectivity index (χ2n) is 5.17. The molecule has 26 heavy (non-hydrogen) atoms. The zero-order chi connectivity index (χ0) is 19.3. The van der Waals surface area contributed by atoms with Crippen molar-refractivity contribution in [3.8, 4) is 17.4 Å². The maximum atomic E-state index is 12.3. The van der Waals surface area contributed by atoms with Crippen molar-refractivity contribution in [1.29, 1.82) is 0 Å². The Kier molecular flexibility index (Phi) is 5.79. The Balaban J connectivity index is 2.40. The fourth-order valence-corrected chi connectivity index (χ4v) is 2.29. The average molecular weight is 358 g/mol. The summed E-state index contributed by atoms with van der Waals surface area (Å²) in [6.45, 7) is 3.40. The van der Waals surface area contributed by atoms with Gasteiger partial charge in [-0.1, -0.05) is 18.2 Å². The summed E-state index contributed by atoms with van der Waals surface area (Å²) in [5.41, 5.74) is -1.70. The monoisotopic (exact) mass is 358 g/mol. The van der Waals surface area contributed by atoms with E-state index < -0.39 is 28.5 Å². The van der Waals surface area contributed by atoms with Crippen LogP contribution in [0.3, 0.4) is 0 Å². The lowest BCUT2D eigenvalue weighted by Crippen LogP contribution is -2.33. The molecule has 0 saturated carbocycles. The molecule has 0 amide bonds. The number of carbonyl (C=O) groups excluding carboxylic acids is 1. The number of ether oxygens (including phenoxy) is 2. The fourth-order valence-electron chi connectivity index (χ4n) is 2.29. The van der Waals surface area contributed by atoms with E-state index in [0.717, 1.165) is 10.6 Å². The molecule has 1 aromatic carbocycles. The standard InChI is InChI=1S/C18H18N2O6/c1-4-9-20-17(23)15(16(22)19-18(20)24)12(21)7-5-11-6-8-13(25-2)14(10-11)26-3/h4-8,10,23H,1,9H2,2-3H3,(H,19,22,24). The number of aromatic hydroxyl groups is 1. The number of carbonyl (C=O) groups is 1. The largest absolute Gasteiger partial charge is 0.494 e. The molecule has 2 aromatic rings. The van der Waals surface area contributed by atoms with Gasteiger partial charge in [-0.3, -0.25) is 19.1 Å². The number of ketones is 1. The van der Waals surface area contributed by atoms with E-state index >= 15 is 0 Å². The van der Waals surface area contributed by atoms with Crippen LogP contribution in [0.1, 0.15) is 15.9 Å². The van der Waals surface area contributed by atoms with Gasteiger partial charge in [-0.2, -0.15) is 0 Å². The van der Waals surface area contributed by atoms with Gasteiger partial charge >= 0.3 is 5.69 Å². The molecule has 0 spiro atoms. The first-order valence-corrected chi connectivity index (χ1v) is 7.54. The van der Waals surface area contributed by atoms with Gasteiger partial charge in [0.05, 0.1) is 14.2 Å². The molecule has 8 heteroatoms. The summed E-state index contributed by atoms with van der Waals surface area (Å²) in [7, 11) is 2.99. The zero-order valence-corrected chi connectivity index (χ0v) is 14.3. The van der Waals surface area contributed by atoms with Crippen molar-refractivity contribution >= 4 is 11.9 Å². The van der Waals surface area contributed by atoms with Crippen LogP contribution in [0.4, 0.5) is 0 Å². The van der Waals surface area contributed by atoms with Crippen LogP contribution in [0.5, 0.6) is 17.4 Å². The molecule has 0 unspecified atom stereocenters. The van der Waals surface area contributed by atoms with E-state index in [4.69, 9.17) is 9.47 Å². The van der Waals surface area contributed by atoms with Crippen molar-refractivity contribution in [3.05, 3.63) is 68.9 Å². The summed E-state index contributed by atoms with van der Waals surface area (Å²) < 4.78 is 11.1. The number of hydrogen-bond acceptors (Lipinski definition) is 6. The highest BCUT2D eigenvalue weighted by Crippen LogP contribution is 2.28. The summed E-state index contributed by atoms with van der Waals surface area (Å²) in [5.74, 6) is -0.458. The van der Waals surface area contributed by atoms with Gasteiger partial charge in [0.15, 0.2) is 17.3 Å². The zero-order valence-electron chi connectivity index (χ0n) is 14.3. The minimum atomic E-state index is -0.963. The van der Waals surface area contributed by atoms with Crippen molar-refractivity contribution < 1.29 is 19.4 Å². The van der Waals surface area contributed by atoms with Crippen LogP contribution in [0.15, 0.2) is 46.5 Å². The van der Waals surface area contributed by atoms with E-state index in [-0.39, 0.29) is 6.54 Å². The molecule has 0 saturated heterocycles. The number of nitrogens with zero attached hydrogens (tertiary/aromatic N) is 1. The molecular formula is C18H18N2O6. The minimum Gasteiger partial charge on any atom is -0.494 e. The molecule has 2 rings (SSSR count). The number of H-pyrrole nitrogens is 1. The summed E-state index contributed by atoms with van der Waals surface area (Å²) >= 11 is 0. The molecule has 0 fully saturated rings. The first kappa shape index (κ1) is 18.8. The first-order chi connectivity index (χ1) is 12.4. The number of rotatable bonds is 7. The second-order valence-corrected chi connectivity index (χ2v) is 5.17. The first-order valence-electron chi connectivity index (χ1n) is 7.54. The van der Waals surface area contributed by atoms with Gasteiger partial charge in [-0.15, -0.1) is 6.58 Å². The molecule has 0 aliphatic carbocycles. The van der Waals surface area contributed by atoms with Gasteiger partial charge in [0, 0.05) is 6.54 Å². The smallest absolute Gasteiger partial charge is 0.331 e. The number of allylic oxidation sites excluding steroid dienone is 2. The highest BCUT2D eigenvalue weighted by atomic mass is 16.5. The van der Waals surface area contributed by atoms with E-state index in [0.29, 0.717) is 17.1 Å². The third-order valence-electron chi connectivity index (χ3n) is 3.56. The van der Waals surface area contributed by atoms with E-state index in [1.165, 1.54) is 26.4 Å². The topological polar surface area (TPSA) is 111 Å². The van der Waals surface area contributed by atoms with Crippen LogP contribution in [0.25, 0.3) is 6.08 Å². The number of methoxy groups -OCH3 is 2. The molecule has 0 radical (unpaired) electrons. The van der Waals surface area contributed by atoms with Crippen molar-refractivity contribution in [1.82, 2.24) is 9.55 Å².